The van der Waals surface area contributed by atoms with Crippen molar-refractivity contribution in [2.45, 2.75) is 50.7 Å². The molecule has 0 saturated heterocycles. The van der Waals surface area contributed by atoms with Gasteiger partial charge < -0.3 is 15.2 Å². The van der Waals surface area contributed by atoms with Crippen molar-refractivity contribution in [3.8, 4) is 5.75 Å². The van der Waals surface area contributed by atoms with Gasteiger partial charge in [0, 0.05) is 6.42 Å². The van der Waals surface area contributed by atoms with E-state index < -0.39 is 5.41 Å². The Bertz CT molecular complexity index is 825. The Morgan fingerprint density at radius 2 is 1.93 bits per heavy atom. The third kappa shape index (κ3) is 3.46. The second-order valence-electron chi connectivity index (χ2n) is 8.29. The van der Waals surface area contributed by atoms with Gasteiger partial charge in [-0.05, 0) is 61.4 Å². The number of nitrogens with one attached hydrogen (secondary N) is 1. The number of carbonyl (C=O) groups is 1. The molecule has 1 fully saturated rings. The SMILES string of the molecule is CC(C)(C(=O)N[C@H](c1ccc2c(c1)CCO2)C1CC(O)C1)c1ccccc1. The molecule has 1 saturated carbocycles. The molecule has 0 aromatic heterocycles. The minimum Gasteiger partial charge on any atom is -0.493 e. The molecule has 27 heavy (non-hydrogen) atoms. The predicted octanol–water partition coefficient (Wildman–Crippen LogP) is 3.53. The standard InChI is InChI=1S/C23H27NO3/c1-23(2,18-6-4-3-5-7-18)22(26)24-21(17-13-19(25)14-17)16-8-9-20-15(12-16)10-11-27-20/h3-9,12,17,19,21,25H,10-11,13-14H2,1-2H3,(H,24,26)/t17?,19?,21-/m1/s1. The van der Waals surface area contributed by atoms with E-state index in [1.54, 1.807) is 0 Å². The van der Waals surface area contributed by atoms with Gasteiger partial charge in [-0.25, -0.2) is 0 Å². The maximum atomic E-state index is 13.2. The second kappa shape index (κ2) is 7.01. The van der Waals surface area contributed by atoms with Crippen LogP contribution in [0.15, 0.2) is 48.5 Å². The molecule has 1 atom stereocenters. The average Bonchev–Trinajstić information content (AvgIpc) is 3.12. The van der Waals surface area contributed by atoms with Crippen molar-refractivity contribution < 1.29 is 14.6 Å². The predicted molar refractivity (Wildman–Crippen MR) is 105 cm³/mol. The Labute approximate surface area is 160 Å². The number of ether oxygens (including phenoxy) is 1. The molecule has 4 nitrogen and oxygen atoms in total. The van der Waals surface area contributed by atoms with E-state index in [0.717, 1.165) is 42.7 Å². The Kier molecular flexibility index (Phi) is 4.68. The molecule has 2 aromatic carbocycles. The summed E-state index contributed by atoms with van der Waals surface area (Å²) in [5.41, 5.74) is 2.68. The molecule has 0 radical (unpaired) electrons. The number of rotatable bonds is 5. The topological polar surface area (TPSA) is 58.6 Å². The molecular formula is C23H27NO3. The van der Waals surface area contributed by atoms with E-state index in [2.05, 4.69) is 17.4 Å². The van der Waals surface area contributed by atoms with Crippen LogP contribution in [-0.2, 0) is 16.6 Å². The molecular weight excluding hydrogens is 338 g/mol. The number of carbonyl (C=O) groups excluding carboxylic acids is 1. The van der Waals surface area contributed by atoms with Crippen molar-refractivity contribution in [1.82, 2.24) is 5.32 Å². The summed E-state index contributed by atoms with van der Waals surface area (Å²) < 4.78 is 5.62. The third-order valence-corrected chi connectivity index (χ3v) is 6.04. The van der Waals surface area contributed by atoms with Crippen LogP contribution in [0.1, 0.15) is 49.4 Å². The lowest BCUT2D eigenvalue weighted by atomic mass is 9.74. The van der Waals surface area contributed by atoms with Gasteiger partial charge in [0.2, 0.25) is 5.91 Å². The van der Waals surface area contributed by atoms with Crippen LogP contribution in [0, 0.1) is 5.92 Å². The molecule has 2 aromatic rings. The zero-order valence-corrected chi connectivity index (χ0v) is 15.9. The molecule has 4 rings (SSSR count). The van der Waals surface area contributed by atoms with Gasteiger partial charge in [0.1, 0.15) is 5.75 Å². The quantitative estimate of drug-likeness (QED) is 0.852. The molecule has 1 aliphatic heterocycles. The van der Waals surface area contributed by atoms with Gasteiger partial charge in [-0.2, -0.15) is 0 Å². The molecule has 1 amide bonds. The number of aliphatic hydroxyl groups is 1. The highest BCUT2D eigenvalue weighted by Crippen LogP contribution is 2.40. The summed E-state index contributed by atoms with van der Waals surface area (Å²) in [4.78, 5) is 13.2. The summed E-state index contributed by atoms with van der Waals surface area (Å²) in [5.74, 6) is 1.22. The van der Waals surface area contributed by atoms with Gasteiger partial charge >= 0.3 is 0 Å². The second-order valence-corrected chi connectivity index (χ2v) is 8.29. The van der Waals surface area contributed by atoms with E-state index in [0.29, 0.717) is 0 Å². The summed E-state index contributed by atoms with van der Waals surface area (Å²) in [5, 5.41) is 13.1. The zero-order valence-electron chi connectivity index (χ0n) is 15.9. The van der Waals surface area contributed by atoms with Crippen LogP contribution < -0.4 is 10.1 Å². The molecule has 4 heteroatoms. The summed E-state index contributed by atoms with van der Waals surface area (Å²) in [7, 11) is 0. The Balaban J connectivity index is 1.59. The van der Waals surface area contributed by atoms with Gasteiger partial charge in [0.25, 0.3) is 0 Å². The lowest BCUT2D eigenvalue weighted by Gasteiger charge is -2.39. The van der Waals surface area contributed by atoms with Gasteiger partial charge in [-0.3, -0.25) is 4.79 Å². The maximum Gasteiger partial charge on any atom is 0.230 e. The van der Waals surface area contributed by atoms with Crippen LogP contribution >= 0.6 is 0 Å². The number of aliphatic hydroxyl groups excluding tert-OH is 1. The first-order valence-corrected chi connectivity index (χ1v) is 9.75. The summed E-state index contributed by atoms with van der Waals surface area (Å²) in [6.45, 7) is 4.64. The average molecular weight is 365 g/mol. The van der Waals surface area contributed by atoms with Gasteiger partial charge in [0.05, 0.1) is 24.2 Å². The smallest absolute Gasteiger partial charge is 0.230 e. The first-order chi connectivity index (χ1) is 12.9. The van der Waals surface area contributed by atoms with Crippen LogP contribution in [-0.4, -0.2) is 23.7 Å². The van der Waals surface area contributed by atoms with Crippen molar-refractivity contribution in [3.05, 3.63) is 65.2 Å². The van der Waals surface area contributed by atoms with Crippen LogP contribution in [0.25, 0.3) is 0 Å². The number of fused-ring (bicyclic) bond motifs is 1. The fourth-order valence-electron chi connectivity index (χ4n) is 4.08. The molecule has 1 heterocycles. The molecule has 0 spiro atoms. The molecule has 2 aliphatic rings. The number of amides is 1. The maximum absolute atomic E-state index is 13.2. The molecule has 2 N–H and O–H groups in total. The van der Waals surface area contributed by atoms with Crippen LogP contribution in [0.5, 0.6) is 5.75 Å². The zero-order chi connectivity index (χ0) is 19.0. The van der Waals surface area contributed by atoms with E-state index in [9.17, 15) is 9.90 Å². The third-order valence-electron chi connectivity index (χ3n) is 6.04. The van der Waals surface area contributed by atoms with E-state index in [-0.39, 0.29) is 24.0 Å². The van der Waals surface area contributed by atoms with Crippen molar-refractivity contribution >= 4 is 5.91 Å². The lowest BCUT2D eigenvalue weighted by Crippen LogP contribution is -2.47. The van der Waals surface area contributed by atoms with Crippen LogP contribution in [0.3, 0.4) is 0 Å². The van der Waals surface area contributed by atoms with Crippen molar-refractivity contribution in [1.29, 1.82) is 0 Å². The molecule has 142 valence electrons. The van der Waals surface area contributed by atoms with E-state index in [1.807, 2.05) is 50.2 Å². The van der Waals surface area contributed by atoms with Gasteiger partial charge in [-0.1, -0.05) is 36.4 Å². The Hall–Kier alpha value is -2.33. The first kappa shape index (κ1) is 18.1. The summed E-state index contributed by atoms with van der Waals surface area (Å²) in [6, 6.07) is 16.0. The van der Waals surface area contributed by atoms with E-state index in [4.69, 9.17) is 4.74 Å². The first-order valence-electron chi connectivity index (χ1n) is 9.75. The highest BCUT2D eigenvalue weighted by molar-refractivity contribution is 5.87. The van der Waals surface area contributed by atoms with Gasteiger partial charge in [0.15, 0.2) is 0 Å². The molecule has 1 aliphatic carbocycles. The number of hydrogen-bond acceptors (Lipinski definition) is 3. The molecule has 0 unspecified atom stereocenters. The fraction of sp³-hybridized carbons (Fsp3) is 0.435. The van der Waals surface area contributed by atoms with E-state index >= 15 is 0 Å². The van der Waals surface area contributed by atoms with Crippen molar-refractivity contribution in [3.63, 3.8) is 0 Å². The minimum atomic E-state index is -0.623. The normalized spacial score (nSPS) is 22.3. The van der Waals surface area contributed by atoms with Crippen LogP contribution in [0.2, 0.25) is 0 Å². The molecule has 0 bridgehead atoms. The lowest BCUT2D eigenvalue weighted by molar-refractivity contribution is -0.127. The van der Waals surface area contributed by atoms with Gasteiger partial charge in [-0.15, -0.1) is 0 Å². The van der Waals surface area contributed by atoms with E-state index in [1.165, 1.54) is 5.56 Å². The van der Waals surface area contributed by atoms with Crippen molar-refractivity contribution in [2.24, 2.45) is 5.92 Å². The summed E-state index contributed by atoms with van der Waals surface area (Å²) in [6.07, 6.45) is 2.11. The highest BCUT2D eigenvalue weighted by atomic mass is 16.5. The van der Waals surface area contributed by atoms with Crippen molar-refractivity contribution in [2.75, 3.05) is 6.61 Å². The minimum absolute atomic E-state index is 0.0110. The Morgan fingerprint density at radius 3 is 2.63 bits per heavy atom. The monoisotopic (exact) mass is 365 g/mol. The number of benzene rings is 2. The summed E-state index contributed by atoms with van der Waals surface area (Å²) >= 11 is 0. The van der Waals surface area contributed by atoms with Crippen LogP contribution in [0.4, 0.5) is 0 Å². The fourth-order valence-corrected chi connectivity index (χ4v) is 4.08. The Morgan fingerprint density at radius 1 is 1.19 bits per heavy atom. The number of hydrogen-bond donors (Lipinski definition) is 2. The largest absolute Gasteiger partial charge is 0.493 e. The highest BCUT2D eigenvalue weighted by Gasteiger charge is 2.39.